The normalized spacial score (nSPS) is 10.3. The van der Waals surface area contributed by atoms with Gasteiger partial charge >= 0.3 is 0 Å². The highest BCUT2D eigenvalue weighted by atomic mass is 79.9. The number of halogens is 2. The summed E-state index contributed by atoms with van der Waals surface area (Å²) in [5.74, 6) is -0.356. The van der Waals surface area contributed by atoms with Gasteiger partial charge in [0.2, 0.25) is 5.91 Å². The van der Waals surface area contributed by atoms with Crippen molar-refractivity contribution in [2.24, 2.45) is 0 Å². The van der Waals surface area contributed by atoms with Crippen molar-refractivity contribution < 1.29 is 14.3 Å². The fraction of sp³-hybridized carbons (Fsp3) is 0.0909. The van der Waals surface area contributed by atoms with Crippen molar-refractivity contribution in [3.05, 3.63) is 82.3 Å². The molecule has 3 aromatic rings. The predicted octanol–water partition coefficient (Wildman–Crippen LogP) is 4.90. The summed E-state index contributed by atoms with van der Waals surface area (Å²) in [6.45, 7) is -0.406. The highest BCUT2D eigenvalue weighted by molar-refractivity contribution is 9.10. The lowest BCUT2D eigenvalue weighted by Gasteiger charge is -2.11. The lowest BCUT2D eigenvalue weighted by atomic mass is 10.1. The third-order valence-corrected chi connectivity index (χ3v) is 4.98. The maximum absolute atomic E-state index is 12.0. The van der Waals surface area contributed by atoms with E-state index in [0.717, 1.165) is 15.6 Å². The van der Waals surface area contributed by atoms with E-state index < -0.39 is 5.91 Å². The van der Waals surface area contributed by atoms with E-state index in [1.54, 1.807) is 24.3 Å². The Morgan fingerprint density at radius 2 is 1.62 bits per heavy atom. The number of ether oxygens (including phenoxy) is 1. The molecule has 0 saturated heterocycles. The lowest BCUT2D eigenvalue weighted by molar-refractivity contribution is -0.125. The monoisotopic (exact) mass is 472 g/mol. The maximum Gasteiger partial charge on any atom is 0.258 e. The van der Waals surface area contributed by atoms with Crippen LogP contribution in [0.1, 0.15) is 0 Å². The second kappa shape index (κ2) is 10.1. The van der Waals surface area contributed by atoms with Crippen LogP contribution in [0.15, 0.2) is 77.3 Å². The molecule has 0 aliphatic heterocycles. The topological polar surface area (TPSA) is 67.4 Å². The van der Waals surface area contributed by atoms with Gasteiger partial charge < -0.3 is 15.4 Å². The summed E-state index contributed by atoms with van der Waals surface area (Å²) in [4.78, 5) is 23.9. The number of hydrogen-bond acceptors (Lipinski definition) is 3. The Morgan fingerprint density at radius 1 is 0.897 bits per heavy atom. The van der Waals surface area contributed by atoms with Crippen LogP contribution in [0, 0.1) is 0 Å². The summed E-state index contributed by atoms with van der Waals surface area (Å²) < 4.78 is 6.24. The quantitative estimate of drug-likeness (QED) is 0.513. The van der Waals surface area contributed by atoms with Crippen LogP contribution in [-0.4, -0.2) is 25.0 Å². The number of hydrogen-bond donors (Lipinski definition) is 2. The van der Waals surface area contributed by atoms with Crippen molar-refractivity contribution in [3.8, 4) is 16.9 Å². The molecule has 0 spiro atoms. The van der Waals surface area contributed by atoms with Crippen molar-refractivity contribution in [2.75, 3.05) is 18.5 Å². The van der Waals surface area contributed by atoms with Gasteiger partial charge in [-0.15, -0.1) is 0 Å². The van der Waals surface area contributed by atoms with Crippen LogP contribution in [0.5, 0.6) is 5.75 Å². The first-order valence-corrected chi connectivity index (χ1v) is 9.99. The summed E-state index contributed by atoms with van der Waals surface area (Å²) in [7, 11) is 0. The van der Waals surface area contributed by atoms with Crippen molar-refractivity contribution in [1.29, 1.82) is 0 Å². The molecule has 7 heteroatoms. The van der Waals surface area contributed by atoms with Crippen LogP contribution in [0.25, 0.3) is 11.1 Å². The van der Waals surface area contributed by atoms with Gasteiger partial charge in [-0.1, -0.05) is 60.1 Å². The van der Waals surface area contributed by atoms with E-state index >= 15 is 0 Å². The Morgan fingerprint density at radius 3 is 2.34 bits per heavy atom. The number of amides is 2. The van der Waals surface area contributed by atoms with Crippen LogP contribution < -0.4 is 15.4 Å². The molecule has 0 aromatic heterocycles. The predicted molar refractivity (Wildman–Crippen MR) is 118 cm³/mol. The van der Waals surface area contributed by atoms with E-state index in [-0.39, 0.29) is 19.1 Å². The number of rotatable bonds is 7. The molecule has 5 nitrogen and oxygen atoms in total. The van der Waals surface area contributed by atoms with E-state index in [1.165, 1.54) is 0 Å². The Hall–Kier alpha value is -2.83. The standard InChI is InChI=1S/C22H18BrClN2O3/c23-17-8-4-5-9-19(17)26-21(27)13-25-22(28)14-29-20-11-10-16(12-18(20)24)15-6-2-1-3-7-15/h1-12H,13-14H2,(H,25,28)(H,26,27). The average molecular weight is 474 g/mol. The molecule has 3 aromatic carbocycles. The molecule has 0 saturated carbocycles. The number of nitrogens with one attached hydrogen (secondary N) is 2. The second-order valence-corrected chi connectivity index (χ2v) is 7.37. The van der Waals surface area contributed by atoms with Gasteiger partial charge in [-0.3, -0.25) is 9.59 Å². The number of carbonyl (C=O) groups is 2. The maximum atomic E-state index is 12.0. The molecule has 0 bridgehead atoms. The van der Waals surface area contributed by atoms with Gasteiger partial charge in [-0.05, 0) is 51.3 Å². The fourth-order valence-electron chi connectivity index (χ4n) is 2.56. The van der Waals surface area contributed by atoms with Gasteiger partial charge in [0.05, 0.1) is 17.3 Å². The fourth-order valence-corrected chi connectivity index (χ4v) is 3.18. The smallest absolute Gasteiger partial charge is 0.258 e. The first-order chi connectivity index (χ1) is 14.0. The van der Waals surface area contributed by atoms with Gasteiger partial charge in [0.15, 0.2) is 6.61 Å². The Bertz CT molecular complexity index is 1010. The minimum absolute atomic E-state index is 0.162. The molecular formula is C22H18BrClN2O3. The van der Waals surface area contributed by atoms with Gasteiger partial charge in [0.25, 0.3) is 5.91 Å². The van der Waals surface area contributed by atoms with Gasteiger partial charge in [-0.2, -0.15) is 0 Å². The van der Waals surface area contributed by atoms with Crippen LogP contribution in [0.3, 0.4) is 0 Å². The number of anilines is 1. The van der Waals surface area contributed by atoms with E-state index in [1.807, 2.05) is 48.5 Å². The first kappa shape index (κ1) is 20.9. The minimum atomic E-state index is -0.421. The molecule has 3 rings (SSSR count). The summed E-state index contributed by atoms with van der Waals surface area (Å²) >= 11 is 9.62. The lowest BCUT2D eigenvalue weighted by Crippen LogP contribution is -2.35. The zero-order valence-electron chi connectivity index (χ0n) is 15.3. The van der Waals surface area contributed by atoms with E-state index in [4.69, 9.17) is 16.3 Å². The Kier molecular flexibility index (Phi) is 7.27. The average Bonchev–Trinajstić information content (AvgIpc) is 2.73. The molecule has 148 valence electrons. The zero-order valence-corrected chi connectivity index (χ0v) is 17.7. The molecule has 2 N–H and O–H groups in total. The molecule has 0 unspecified atom stereocenters. The molecular weight excluding hydrogens is 456 g/mol. The summed E-state index contributed by atoms with van der Waals surface area (Å²) in [5, 5.41) is 5.63. The minimum Gasteiger partial charge on any atom is -0.482 e. The largest absolute Gasteiger partial charge is 0.482 e. The number of carbonyl (C=O) groups excluding carboxylic acids is 2. The van der Waals surface area contributed by atoms with Crippen LogP contribution in [0.2, 0.25) is 5.02 Å². The van der Waals surface area contributed by atoms with Crippen molar-refractivity contribution in [2.45, 2.75) is 0 Å². The molecule has 0 heterocycles. The van der Waals surface area contributed by atoms with Gasteiger partial charge in [-0.25, -0.2) is 0 Å². The van der Waals surface area contributed by atoms with E-state index in [0.29, 0.717) is 16.5 Å². The van der Waals surface area contributed by atoms with Crippen molar-refractivity contribution in [1.82, 2.24) is 5.32 Å². The molecule has 0 atom stereocenters. The van der Waals surface area contributed by atoms with E-state index in [2.05, 4.69) is 26.6 Å². The number of benzene rings is 3. The first-order valence-electron chi connectivity index (χ1n) is 8.82. The van der Waals surface area contributed by atoms with Crippen molar-refractivity contribution >= 4 is 45.0 Å². The molecule has 2 amide bonds. The zero-order chi connectivity index (χ0) is 20.6. The summed E-state index contributed by atoms with van der Waals surface area (Å²) in [6.07, 6.45) is 0. The molecule has 29 heavy (non-hydrogen) atoms. The summed E-state index contributed by atoms with van der Waals surface area (Å²) in [5.41, 5.74) is 2.62. The van der Waals surface area contributed by atoms with Gasteiger partial charge in [0, 0.05) is 4.47 Å². The molecule has 0 aliphatic rings. The van der Waals surface area contributed by atoms with E-state index in [9.17, 15) is 9.59 Å². The molecule has 0 fully saturated rings. The van der Waals surface area contributed by atoms with Crippen molar-refractivity contribution in [3.63, 3.8) is 0 Å². The highest BCUT2D eigenvalue weighted by Gasteiger charge is 2.10. The van der Waals surface area contributed by atoms with Crippen LogP contribution >= 0.6 is 27.5 Å². The third-order valence-electron chi connectivity index (χ3n) is 3.99. The SMILES string of the molecule is O=C(COc1ccc(-c2ccccc2)cc1Cl)NCC(=O)Nc1ccccc1Br. The molecule has 0 aliphatic carbocycles. The Labute approximate surface area is 182 Å². The van der Waals surface area contributed by atoms with Crippen LogP contribution in [0.4, 0.5) is 5.69 Å². The third kappa shape index (κ3) is 6.07. The second-order valence-electron chi connectivity index (χ2n) is 6.10. The van der Waals surface area contributed by atoms with Gasteiger partial charge in [0.1, 0.15) is 5.75 Å². The molecule has 0 radical (unpaired) electrons. The Balaban J connectivity index is 1.48. The van der Waals surface area contributed by atoms with Crippen LogP contribution in [-0.2, 0) is 9.59 Å². The summed E-state index contributed by atoms with van der Waals surface area (Å²) in [6, 6.07) is 22.4. The highest BCUT2D eigenvalue weighted by Crippen LogP contribution is 2.30. The number of para-hydroxylation sites is 1.